The average Bonchev–Trinajstić information content (AvgIpc) is 3.24. The SMILES string of the molecule is CC(C)Cc1ccc(COc2ccc(C=Cc3cccc4c3c(CC(=O)O)cn4CCCC(=O)O)cc2)cc1. The molecule has 39 heavy (non-hydrogen) atoms. The second-order valence-electron chi connectivity index (χ2n) is 10.3. The summed E-state index contributed by atoms with van der Waals surface area (Å²) in [5.41, 5.74) is 6.01. The summed E-state index contributed by atoms with van der Waals surface area (Å²) in [7, 11) is 0. The van der Waals surface area contributed by atoms with Crippen LogP contribution < -0.4 is 4.74 Å². The molecule has 0 saturated heterocycles. The molecule has 4 rings (SSSR count). The van der Waals surface area contributed by atoms with Crippen LogP contribution in [0.5, 0.6) is 5.75 Å². The van der Waals surface area contributed by atoms with Crippen molar-refractivity contribution in [3.05, 3.63) is 101 Å². The first-order valence-electron chi connectivity index (χ1n) is 13.3. The van der Waals surface area contributed by atoms with Crippen LogP contribution in [0.4, 0.5) is 0 Å². The number of aryl methyl sites for hydroxylation is 1. The van der Waals surface area contributed by atoms with Gasteiger partial charge in [-0.15, -0.1) is 0 Å². The molecule has 4 aromatic rings. The summed E-state index contributed by atoms with van der Waals surface area (Å²) >= 11 is 0. The second kappa shape index (κ2) is 13.0. The predicted molar refractivity (Wildman–Crippen MR) is 155 cm³/mol. The van der Waals surface area contributed by atoms with Crippen LogP contribution in [0.2, 0.25) is 0 Å². The number of hydrogen-bond acceptors (Lipinski definition) is 3. The van der Waals surface area contributed by atoms with Gasteiger partial charge in [0.05, 0.1) is 6.42 Å². The Morgan fingerprint density at radius 1 is 0.897 bits per heavy atom. The molecule has 0 atom stereocenters. The van der Waals surface area contributed by atoms with Crippen LogP contribution in [0.25, 0.3) is 23.1 Å². The monoisotopic (exact) mass is 525 g/mol. The Hall–Kier alpha value is -4.32. The van der Waals surface area contributed by atoms with E-state index in [0.717, 1.165) is 39.8 Å². The minimum absolute atomic E-state index is 0.0673. The third-order valence-corrected chi connectivity index (χ3v) is 6.56. The number of carboxylic acid groups (broad SMARTS) is 2. The highest BCUT2D eigenvalue weighted by molar-refractivity contribution is 5.96. The van der Waals surface area contributed by atoms with Crippen LogP contribution in [0.1, 0.15) is 54.5 Å². The topological polar surface area (TPSA) is 88.8 Å². The van der Waals surface area contributed by atoms with Gasteiger partial charge in [0, 0.05) is 30.1 Å². The zero-order valence-electron chi connectivity index (χ0n) is 22.5. The number of hydrogen-bond donors (Lipinski definition) is 2. The van der Waals surface area contributed by atoms with Crippen molar-refractivity contribution in [3.8, 4) is 5.75 Å². The van der Waals surface area contributed by atoms with Crippen molar-refractivity contribution in [1.82, 2.24) is 4.57 Å². The molecule has 0 aliphatic heterocycles. The molecule has 2 N–H and O–H groups in total. The molecule has 3 aromatic carbocycles. The molecule has 0 spiro atoms. The first-order chi connectivity index (χ1) is 18.8. The molecule has 0 radical (unpaired) electrons. The summed E-state index contributed by atoms with van der Waals surface area (Å²) in [4.78, 5) is 22.5. The lowest BCUT2D eigenvalue weighted by Crippen LogP contribution is -2.01. The number of nitrogens with zero attached hydrogens (tertiary/aromatic N) is 1. The Kier molecular flexibility index (Phi) is 9.21. The molecular formula is C33H35NO5. The van der Waals surface area contributed by atoms with Gasteiger partial charge in [0.15, 0.2) is 0 Å². The predicted octanol–water partition coefficient (Wildman–Crippen LogP) is 7.08. The van der Waals surface area contributed by atoms with Crippen molar-refractivity contribution in [2.45, 2.75) is 52.7 Å². The summed E-state index contributed by atoms with van der Waals surface area (Å²) in [5.74, 6) is -0.313. The Balaban J connectivity index is 1.46. The number of carboxylic acids is 2. The highest BCUT2D eigenvalue weighted by Gasteiger charge is 2.14. The fraction of sp³-hybridized carbons (Fsp3) is 0.273. The molecule has 1 heterocycles. The lowest BCUT2D eigenvalue weighted by molar-refractivity contribution is -0.137. The van der Waals surface area contributed by atoms with Gasteiger partial charge in [0.25, 0.3) is 0 Å². The van der Waals surface area contributed by atoms with Crippen molar-refractivity contribution in [3.63, 3.8) is 0 Å². The number of aromatic nitrogens is 1. The van der Waals surface area contributed by atoms with Gasteiger partial charge in [0.1, 0.15) is 12.4 Å². The summed E-state index contributed by atoms with van der Waals surface area (Å²) in [5, 5.41) is 19.3. The minimum atomic E-state index is -0.902. The van der Waals surface area contributed by atoms with Crippen molar-refractivity contribution < 1.29 is 24.5 Å². The van der Waals surface area contributed by atoms with Crippen molar-refractivity contribution >= 4 is 35.0 Å². The number of rotatable bonds is 13. The number of aliphatic carboxylic acids is 2. The van der Waals surface area contributed by atoms with Crippen LogP contribution in [-0.2, 0) is 35.6 Å². The van der Waals surface area contributed by atoms with E-state index in [1.54, 1.807) is 0 Å². The smallest absolute Gasteiger partial charge is 0.307 e. The minimum Gasteiger partial charge on any atom is -0.489 e. The van der Waals surface area contributed by atoms with Gasteiger partial charge >= 0.3 is 11.9 Å². The molecule has 0 amide bonds. The van der Waals surface area contributed by atoms with Gasteiger partial charge in [-0.2, -0.15) is 0 Å². The van der Waals surface area contributed by atoms with Crippen molar-refractivity contribution in [2.24, 2.45) is 5.92 Å². The maximum absolute atomic E-state index is 11.5. The van der Waals surface area contributed by atoms with E-state index in [1.807, 2.05) is 65.4 Å². The maximum Gasteiger partial charge on any atom is 0.307 e. The molecular weight excluding hydrogens is 490 g/mol. The van der Waals surface area contributed by atoms with E-state index in [9.17, 15) is 14.7 Å². The van der Waals surface area contributed by atoms with Crippen LogP contribution in [0, 0.1) is 5.92 Å². The van der Waals surface area contributed by atoms with Crippen LogP contribution in [0.15, 0.2) is 72.9 Å². The van der Waals surface area contributed by atoms with E-state index >= 15 is 0 Å². The molecule has 0 aliphatic rings. The lowest BCUT2D eigenvalue weighted by atomic mass is 10.0. The van der Waals surface area contributed by atoms with Gasteiger partial charge < -0.3 is 19.5 Å². The zero-order chi connectivity index (χ0) is 27.8. The molecule has 0 saturated carbocycles. The van der Waals surface area contributed by atoms with Crippen molar-refractivity contribution in [1.29, 1.82) is 0 Å². The zero-order valence-corrected chi connectivity index (χ0v) is 22.5. The summed E-state index contributed by atoms with van der Waals surface area (Å²) in [6.07, 6.45) is 7.34. The maximum atomic E-state index is 11.5. The molecule has 0 bridgehead atoms. The third kappa shape index (κ3) is 7.84. The molecule has 0 unspecified atom stereocenters. The standard InChI is InChI=1S/C33H35NO5/c1-23(2)19-25-8-10-26(11-9-25)22-39-29-16-13-24(14-17-29)12-15-27-5-3-6-30-33(27)28(20-32(37)38)21-34(30)18-4-7-31(35)36/h3,5-6,8-17,21,23H,4,7,18-20,22H2,1-2H3,(H,35,36)(H,37,38). The fourth-order valence-electron chi connectivity index (χ4n) is 4.76. The highest BCUT2D eigenvalue weighted by Crippen LogP contribution is 2.28. The van der Waals surface area contributed by atoms with Crippen LogP contribution in [0.3, 0.4) is 0 Å². The van der Waals surface area contributed by atoms with E-state index in [1.165, 1.54) is 5.56 Å². The summed E-state index contributed by atoms with van der Waals surface area (Å²) < 4.78 is 7.93. The van der Waals surface area contributed by atoms with E-state index in [0.29, 0.717) is 31.1 Å². The first-order valence-corrected chi connectivity index (χ1v) is 13.3. The highest BCUT2D eigenvalue weighted by atomic mass is 16.5. The quantitative estimate of drug-likeness (QED) is 0.182. The normalized spacial score (nSPS) is 11.5. The average molecular weight is 526 g/mol. The van der Waals surface area contributed by atoms with Gasteiger partial charge in [-0.1, -0.05) is 74.5 Å². The molecule has 0 aliphatic carbocycles. The molecule has 6 nitrogen and oxygen atoms in total. The Morgan fingerprint density at radius 2 is 1.62 bits per heavy atom. The third-order valence-electron chi connectivity index (χ3n) is 6.56. The van der Waals surface area contributed by atoms with E-state index < -0.39 is 11.9 Å². The van der Waals surface area contributed by atoms with E-state index in [-0.39, 0.29) is 12.8 Å². The summed E-state index contributed by atoms with van der Waals surface area (Å²) in [6.45, 7) is 5.46. The molecule has 6 heteroatoms. The van der Waals surface area contributed by atoms with Gasteiger partial charge in [-0.25, -0.2) is 0 Å². The van der Waals surface area contributed by atoms with Crippen molar-refractivity contribution in [2.75, 3.05) is 0 Å². The summed E-state index contributed by atoms with van der Waals surface area (Å²) in [6, 6.07) is 22.3. The van der Waals surface area contributed by atoms with Gasteiger partial charge in [0.2, 0.25) is 0 Å². The van der Waals surface area contributed by atoms with Gasteiger partial charge in [-0.05, 0) is 64.8 Å². The number of ether oxygens (including phenoxy) is 1. The lowest BCUT2D eigenvalue weighted by Gasteiger charge is -2.09. The number of benzene rings is 3. The largest absolute Gasteiger partial charge is 0.489 e. The molecule has 202 valence electrons. The van der Waals surface area contributed by atoms with Gasteiger partial charge in [-0.3, -0.25) is 9.59 Å². The van der Waals surface area contributed by atoms with E-state index in [4.69, 9.17) is 9.84 Å². The van der Waals surface area contributed by atoms with Crippen LogP contribution in [-0.4, -0.2) is 26.7 Å². The second-order valence-corrected chi connectivity index (χ2v) is 10.3. The first kappa shape index (κ1) is 27.7. The Morgan fingerprint density at radius 3 is 2.28 bits per heavy atom. The molecule has 1 aromatic heterocycles. The fourth-order valence-corrected chi connectivity index (χ4v) is 4.76. The Labute approximate surface area is 229 Å². The Bertz CT molecular complexity index is 1450. The number of carbonyl (C=O) groups is 2. The van der Waals surface area contributed by atoms with Crippen LogP contribution >= 0.6 is 0 Å². The van der Waals surface area contributed by atoms with E-state index in [2.05, 4.69) is 38.1 Å². The number of fused-ring (bicyclic) bond motifs is 1. The molecule has 0 fully saturated rings.